The van der Waals surface area contributed by atoms with Crippen molar-refractivity contribution < 1.29 is 4.74 Å². The second-order valence-electron chi connectivity index (χ2n) is 4.34. The normalized spacial score (nSPS) is 23.3. The number of likely N-dealkylation sites (N-methyl/N-ethyl adjacent to an activating group) is 1. The molecule has 2 atom stereocenters. The lowest BCUT2D eigenvalue weighted by molar-refractivity contribution is 0.0993. The summed E-state index contributed by atoms with van der Waals surface area (Å²) in [7, 11) is 2.07. The van der Waals surface area contributed by atoms with E-state index in [0.717, 1.165) is 26.0 Å². The Balaban J connectivity index is 2.10. The summed E-state index contributed by atoms with van der Waals surface area (Å²) in [5.74, 6) is 0. The van der Waals surface area contributed by atoms with Gasteiger partial charge in [0.2, 0.25) is 0 Å². The minimum Gasteiger partial charge on any atom is -0.392 e. The molecule has 1 heterocycles. The van der Waals surface area contributed by atoms with E-state index in [2.05, 4.69) is 18.9 Å². The Morgan fingerprint density at radius 3 is 2.93 bits per heavy atom. The van der Waals surface area contributed by atoms with Crippen molar-refractivity contribution in [3.05, 3.63) is 0 Å². The lowest BCUT2D eigenvalue weighted by Crippen LogP contribution is -2.39. The zero-order valence-corrected chi connectivity index (χ0v) is 10.6. The molecule has 0 spiro atoms. The molecular weight excluding hydrogens is 208 g/mol. The molecule has 1 aliphatic rings. The van der Waals surface area contributed by atoms with Crippen LogP contribution < -0.4 is 5.73 Å². The van der Waals surface area contributed by atoms with Crippen molar-refractivity contribution in [1.29, 1.82) is 0 Å². The number of nitrogens with two attached hydrogens (primary N) is 1. The Kier molecular flexibility index (Phi) is 5.50. The molecule has 1 aliphatic heterocycles. The molecule has 0 aliphatic carbocycles. The lowest BCUT2D eigenvalue weighted by Gasteiger charge is -2.23. The highest BCUT2D eigenvalue weighted by molar-refractivity contribution is 7.80. The van der Waals surface area contributed by atoms with E-state index in [1.54, 1.807) is 0 Å². The number of ether oxygens (including phenoxy) is 1. The van der Waals surface area contributed by atoms with E-state index in [9.17, 15) is 0 Å². The first kappa shape index (κ1) is 12.9. The summed E-state index contributed by atoms with van der Waals surface area (Å²) < 4.78 is 5.57. The van der Waals surface area contributed by atoms with Crippen molar-refractivity contribution in [1.82, 2.24) is 4.90 Å². The third-order valence-electron chi connectivity index (χ3n) is 3.13. The Hall–Kier alpha value is -0.190. The van der Waals surface area contributed by atoms with Crippen molar-refractivity contribution in [2.24, 2.45) is 5.73 Å². The van der Waals surface area contributed by atoms with Crippen molar-refractivity contribution in [2.45, 2.75) is 44.8 Å². The highest BCUT2D eigenvalue weighted by atomic mass is 32.1. The summed E-state index contributed by atoms with van der Waals surface area (Å²) in [6.45, 7) is 4.04. The summed E-state index contributed by atoms with van der Waals surface area (Å²) in [5, 5.41) is 0. The van der Waals surface area contributed by atoms with Gasteiger partial charge in [-0.05, 0) is 46.2 Å². The standard InChI is InChI=1S/C11H22N2OS/c1-9(11(12)15)13(2)7-3-5-10-6-4-8-14-10/h9-10H,3-8H2,1-2H3,(H2,12,15). The first-order chi connectivity index (χ1) is 7.11. The first-order valence-electron chi connectivity index (χ1n) is 5.72. The summed E-state index contributed by atoms with van der Waals surface area (Å²) in [6, 6.07) is 0.199. The second kappa shape index (κ2) is 6.40. The van der Waals surface area contributed by atoms with Crippen molar-refractivity contribution in [3.63, 3.8) is 0 Å². The lowest BCUT2D eigenvalue weighted by atomic mass is 10.1. The van der Waals surface area contributed by atoms with Gasteiger partial charge in [-0.3, -0.25) is 4.90 Å². The Morgan fingerprint density at radius 2 is 2.40 bits per heavy atom. The van der Waals surface area contributed by atoms with E-state index in [1.165, 1.54) is 12.8 Å². The summed E-state index contributed by atoms with van der Waals surface area (Å²) >= 11 is 4.96. The van der Waals surface area contributed by atoms with Gasteiger partial charge >= 0.3 is 0 Å². The van der Waals surface area contributed by atoms with E-state index in [0.29, 0.717) is 11.1 Å². The highest BCUT2D eigenvalue weighted by Crippen LogP contribution is 2.16. The van der Waals surface area contributed by atoms with E-state index in [1.807, 2.05) is 0 Å². The molecule has 2 unspecified atom stereocenters. The van der Waals surface area contributed by atoms with Crippen LogP contribution in [0, 0.1) is 0 Å². The zero-order valence-electron chi connectivity index (χ0n) is 9.74. The van der Waals surface area contributed by atoms with Crippen LogP contribution in [0.25, 0.3) is 0 Å². The SMILES string of the molecule is CC(C(N)=S)N(C)CCCC1CCCO1. The Morgan fingerprint density at radius 1 is 1.67 bits per heavy atom. The fourth-order valence-corrected chi connectivity index (χ4v) is 2.03. The minimum absolute atomic E-state index is 0.199. The van der Waals surface area contributed by atoms with Crippen LogP contribution in [-0.2, 0) is 4.74 Å². The van der Waals surface area contributed by atoms with Crippen LogP contribution >= 0.6 is 12.2 Å². The monoisotopic (exact) mass is 230 g/mol. The predicted molar refractivity (Wildman–Crippen MR) is 67.1 cm³/mol. The van der Waals surface area contributed by atoms with E-state index in [4.69, 9.17) is 22.7 Å². The zero-order chi connectivity index (χ0) is 11.3. The van der Waals surface area contributed by atoms with E-state index >= 15 is 0 Å². The molecule has 2 N–H and O–H groups in total. The molecular formula is C11H22N2OS. The minimum atomic E-state index is 0.199. The van der Waals surface area contributed by atoms with Crippen molar-refractivity contribution in [3.8, 4) is 0 Å². The molecule has 0 aromatic heterocycles. The Labute approximate surface area is 98.0 Å². The molecule has 0 saturated carbocycles. The van der Waals surface area contributed by atoms with E-state index < -0.39 is 0 Å². The molecule has 15 heavy (non-hydrogen) atoms. The van der Waals surface area contributed by atoms with Crippen molar-refractivity contribution >= 4 is 17.2 Å². The molecule has 1 rings (SSSR count). The molecule has 88 valence electrons. The second-order valence-corrected chi connectivity index (χ2v) is 4.81. The van der Waals surface area contributed by atoms with Crippen LogP contribution in [-0.4, -0.2) is 42.2 Å². The van der Waals surface area contributed by atoms with Crippen LogP contribution in [0.15, 0.2) is 0 Å². The van der Waals surface area contributed by atoms with Gasteiger partial charge < -0.3 is 10.5 Å². The fourth-order valence-electron chi connectivity index (χ4n) is 1.85. The number of thiocarbonyl (C=S) groups is 1. The van der Waals surface area contributed by atoms with E-state index in [-0.39, 0.29) is 6.04 Å². The van der Waals surface area contributed by atoms with Gasteiger partial charge in [-0.15, -0.1) is 0 Å². The largest absolute Gasteiger partial charge is 0.392 e. The Bertz CT molecular complexity index is 205. The number of hydrogen-bond acceptors (Lipinski definition) is 3. The van der Waals surface area contributed by atoms with Crippen LogP contribution in [0.3, 0.4) is 0 Å². The quantitative estimate of drug-likeness (QED) is 0.703. The van der Waals surface area contributed by atoms with Gasteiger partial charge in [0, 0.05) is 6.61 Å². The topological polar surface area (TPSA) is 38.5 Å². The molecule has 0 bridgehead atoms. The van der Waals surface area contributed by atoms with Crippen LogP contribution in [0.5, 0.6) is 0 Å². The average molecular weight is 230 g/mol. The number of hydrogen-bond donors (Lipinski definition) is 1. The van der Waals surface area contributed by atoms with Crippen molar-refractivity contribution in [2.75, 3.05) is 20.2 Å². The summed E-state index contributed by atoms with van der Waals surface area (Å²) in [4.78, 5) is 2.78. The third kappa shape index (κ3) is 4.45. The third-order valence-corrected chi connectivity index (χ3v) is 3.47. The molecule has 0 amide bonds. The average Bonchev–Trinajstić information content (AvgIpc) is 2.69. The van der Waals surface area contributed by atoms with Gasteiger partial charge in [0.25, 0.3) is 0 Å². The van der Waals surface area contributed by atoms with Gasteiger partial charge in [-0.1, -0.05) is 12.2 Å². The molecule has 0 radical (unpaired) electrons. The molecule has 0 aromatic carbocycles. The van der Waals surface area contributed by atoms with Gasteiger partial charge in [0.05, 0.1) is 17.1 Å². The van der Waals surface area contributed by atoms with Gasteiger partial charge in [-0.2, -0.15) is 0 Å². The summed E-state index contributed by atoms with van der Waals surface area (Å²) in [5.41, 5.74) is 5.60. The first-order valence-corrected chi connectivity index (χ1v) is 6.13. The predicted octanol–water partition coefficient (Wildman–Crippen LogP) is 1.55. The van der Waals surface area contributed by atoms with Crippen LogP contribution in [0.2, 0.25) is 0 Å². The number of rotatable bonds is 6. The summed E-state index contributed by atoms with van der Waals surface area (Å²) in [6.07, 6.45) is 5.28. The van der Waals surface area contributed by atoms with Gasteiger partial charge in [0.1, 0.15) is 0 Å². The molecule has 1 fully saturated rings. The van der Waals surface area contributed by atoms with Gasteiger partial charge in [-0.25, -0.2) is 0 Å². The molecule has 3 nitrogen and oxygen atoms in total. The fraction of sp³-hybridized carbons (Fsp3) is 0.909. The smallest absolute Gasteiger partial charge is 0.0899 e. The maximum absolute atomic E-state index is 5.60. The van der Waals surface area contributed by atoms with Crippen LogP contribution in [0.4, 0.5) is 0 Å². The number of nitrogens with zero attached hydrogens (tertiary/aromatic N) is 1. The van der Waals surface area contributed by atoms with Crippen LogP contribution in [0.1, 0.15) is 32.6 Å². The molecule has 4 heteroatoms. The molecule has 0 aromatic rings. The molecule has 1 saturated heterocycles. The van der Waals surface area contributed by atoms with Gasteiger partial charge in [0.15, 0.2) is 0 Å². The highest BCUT2D eigenvalue weighted by Gasteiger charge is 2.16. The maximum Gasteiger partial charge on any atom is 0.0899 e. The maximum atomic E-state index is 5.60.